The van der Waals surface area contributed by atoms with Gasteiger partial charge in [0.25, 0.3) is 5.56 Å². The highest BCUT2D eigenvalue weighted by atomic mass is 19.1. The minimum absolute atomic E-state index is 0.0558. The number of carbonyl (C=O) groups excluding carboxylic acids is 2. The Morgan fingerprint density at radius 1 is 1.09 bits per heavy atom. The van der Waals surface area contributed by atoms with Crippen LogP contribution in [0, 0.1) is 5.82 Å². The van der Waals surface area contributed by atoms with Crippen LogP contribution in [0.15, 0.2) is 65.6 Å². The molecule has 1 aliphatic heterocycles. The van der Waals surface area contributed by atoms with Gasteiger partial charge in [0, 0.05) is 6.20 Å². The molecule has 0 radical (unpaired) electrons. The summed E-state index contributed by atoms with van der Waals surface area (Å²) in [5.74, 6) is -0.734. The van der Waals surface area contributed by atoms with Crippen LogP contribution in [0.1, 0.15) is 42.5 Å². The number of pyridine rings is 1. The molecule has 3 heterocycles. The van der Waals surface area contributed by atoms with Crippen LogP contribution in [0.25, 0.3) is 16.6 Å². The summed E-state index contributed by atoms with van der Waals surface area (Å²) in [5, 5.41) is 0.265. The Bertz CT molecular complexity index is 1560. The first-order valence-corrected chi connectivity index (χ1v) is 10.9. The molecule has 0 unspecified atom stereocenters. The van der Waals surface area contributed by atoms with Gasteiger partial charge < -0.3 is 4.74 Å². The zero-order valence-corrected chi connectivity index (χ0v) is 19.3. The smallest absolute Gasteiger partial charge is 0.416 e. The van der Waals surface area contributed by atoms with Crippen molar-refractivity contribution < 1.29 is 18.7 Å². The van der Waals surface area contributed by atoms with Crippen molar-refractivity contribution in [3.8, 4) is 5.69 Å². The molecule has 2 aromatic carbocycles. The van der Waals surface area contributed by atoms with Crippen LogP contribution in [0.2, 0.25) is 0 Å². The average Bonchev–Trinajstić information content (AvgIpc) is 3.08. The lowest BCUT2D eigenvalue weighted by Crippen LogP contribution is -2.37. The molecule has 0 saturated carbocycles. The molecular weight excluding hydrogens is 451 g/mol. The van der Waals surface area contributed by atoms with Gasteiger partial charge in [-0.3, -0.25) is 19.1 Å². The molecule has 1 amide bonds. The lowest BCUT2D eigenvalue weighted by atomic mass is 10.1. The number of halogens is 1. The average molecular weight is 472 g/mol. The Hall–Kier alpha value is -4.40. The number of aromatic nitrogens is 3. The van der Waals surface area contributed by atoms with Crippen LogP contribution in [0.3, 0.4) is 0 Å². The first-order valence-electron chi connectivity index (χ1n) is 10.9. The zero-order valence-electron chi connectivity index (χ0n) is 19.3. The molecular formula is C26H21FN4O4. The molecule has 0 spiro atoms. The molecule has 2 aromatic heterocycles. The van der Waals surface area contributed by atoms with Crippen molar-refractivity contribution in [1.82, 2.24) is 14.5 Å². The first-order chi connectivity index (χ1) is 16.6. The topological polar surface area (TPSA) is 94.4 Å². The van der Waals surface area contributed by atoms with E-state index in [1.807, 2.05) is 0 Å². The number of ether oxygens (including phenoxy) is 1. The highest BCUT2D eigenvalue weighted by Crippen LogP contribution is 2.27. The molecule has 0 saturated heterocycles. The second kappa shape index (κ2) is 8.12. The number of hydrogen-bond acceptors (Lipinski definition) is 6. The quantitative estimate of drug-likeness (QED) is 0.386. The zero-order chi connectivity index (χ0) is 24.9. The number of ketones is 1. The molecule has 4 aromatic rings. The first kappa shape index (κ1) is 22.4. The van der Waals surface area contributed by atoms with Gasteiger partial charge in [-0.05, 0) is 68.8 Å². The monoisotopic (exact) mass is 472 g/mol. The van der Waals surface area contributed by atoms with Crippen molar-refractivity contribution in [2.45, 2.75) is 32.9 Å². The fraction of sp³-hybridized carbons (Fsp3) is 0.192. The van der Waals surface area contributed by atoms with E-state index in [9.17, 15) is 18.8 Å². The maximum absolute atomic E-state index is 13.7. The van der Waals surface area contributed by atoms with Gasteiger partial charge in [0.1, 0.15) is 17.2 Å². The number of amides is 1. The highest BCUT2D eigenvalue weighted by molar-refractivity contribution is 6.13. The largest absolute Gasteiger partial charge is 0.443 e. The van der Waals surface area contributed by atoms with Gasteiger partial charge in [-0.25, -0.2) is 19.2 Å². The Kier molecular flexibility index (Phi) is 5.20. The van der Waals surface area contributed by atoms with E-state index in [0.717, 1.165) is 6.07 Å². The molecule has 9 heteroatoms. The van der Waals surface area contributed by atoms with Gasteiger partial charge in [-0.2, -0.15) is 0 Å². The molecule has 35 heavy (non-hydrogen) atoms. The number of rotatable bonds is 3. The summed E-state index contributed by atoms with van der Waals surface area (Å²) in [5.41, 5.74) is 0.185. The van der Waals surface area contributed by atoms with E-state index in [1.54, 1.807) is 63.4 Å². The molecule has 0 fully saturated rings. The Morgan fingerprint density at radius 3 is 2.60 bits per heavy atom. The molecule has 0 bridgehead atoms. The number of carbonyl (C=O) groups is 2. The summed E-state index contributed by atoms with van der Waals surface area (Å²) in [6, 6.07) is 13.9. The van der Waals surface area contributed by atoms with E-state index >= 15 is 0 Å². The third-order valence-corrected chi connectivity index (χ3v) is 5.46. The SMILES string of the molecule is CC(C)(C)OC(=O)N(Cc1ccc2nc3n(c(=O)c2c1)-c1ccc(F)cc1C3=O)c1ccccn1. The van der Waals surface area contributed by atoms with Crippen LogP contribution in [-0.2, 0) is 11.3 Å². The third kappa shape index (κ3) is 4.05. The molecule has 176 valence electrons. The van der Waals surface area contributed by atoms with Crippen molar-refractivity contribution in [2.75, 3.05) is 4.90 Å². The number of fused-ring (bicyclic) bond motifs is 4. The molecule has 0 atom stereocenters. The summed E-state index contributed by atoms with van der Waals surface area (Å²) in [6.45, 7) is 5.41. The third-order valence-electron chi connectivity index (χ3n) is 5.46. The van der Waals surface area contributed by atoms with E-state index in [2.05, 4.69) is 9.97 Å². The lowest BCUT2D eigenvalue weighted by Gasteiger charge is -2.27. The molecule has 5 rings (SSSR count). The highest BCUT2D eigenvalue weighted by Gasteiger charge is 2.31. The molecule has 1 aliphatic rings. The van der Waals surface area contributed by atoms with Gasteiger partial charge in [0.15, 0.2) is 5.82 Å². The van der Waals surface area contributed by atoms with Gasteiger partial charge in [0.05, 0.1) is 28.7 Å². The maximum atomic E-state index is 13.7. The van der Waals surface area contributed by atoms with E-state index in [4.69, 9.17) is 4.74 Å². The van der Waals surface area contributed by atoms with E-state index in [0.29, 0.717) is 22.6 Å². The Morgan fingerprint density at radius 2 is 1.89 bits per heavy atom. The fourth-order valence-electron chi connectivity index (χ4n) is 3.96. The van der Waals surface area contributed by atoms with E-state index < -0.39 is 28.9 Å². The van der Waals surface area contributed by atoms with E-state index in [1.165, 1.54) is 21.6 Å². The minimum Gasteiger partial charge on any atom is -0.443 e. The summed E-state index contributed by atoms with van der Waals surface area (Å²) in [6.07, 6.45) is 0.992. The predicted molar refractivity (Wildman–Crippen MR) is 127 cm³/mol. The van der Waals surface area contributed by atoms with Crippen molar-refractivity contribution in [3.63, 3.8) is 0 Å². The second-order valence-electron chi connectivity index (χ2n) is 9.17. The van der Waals surface area contributed by atoms with Crippen molar-refractivity contribution in [3.05, 3.63) is 93.9 Å². The van der Waals surface area contributed by atoms with Crippen LogP contribution < -0.4 is 10.5 Å². The van der Waals surface area contributed by atoms with Crippen LogP contribution in [0.5, 0.6) is 0 Å². The minimum atomic E-state index is -0.712. The number of benzene rings is 2. The summed E-state index contributed by atoms with van der Waals surface area (Å²) >= 11 is 0. The number of nitrogens with zero attached hydrogens (tertiary/aromatic N) is 4. The van der Waals surface area contributed by atoms with Gasteiger partial charge in [-0.15, -0.1) is 0 Å². The standard InChI is InChI=1S/C26H21FN4O4/c1-26(2,3)35-25(34)30(21-6-4-5-11-28-21)14-15-7-9-19-17(12-15)24(33)31-20-10-8-16(27)13-18(20)22(32)23(31)29-19/h4-13H,14H2,1-3H3. The normalized spacial score (nSPS) is 12.4. The van der Waals surface area contributed by atoms with Crippen molar-refractivity contribution in [2.24, 2.45) is 0 Å². The maximum Gasteiger partial charge on any atom is 0.416 e. The predicted octanol–water partition coefficient (Wildman–Crippen LogP) is 4.41. The molecule has 8 nitrogen and oxygen atoms in total. The van der Waals surface area contributed by atoms with Crippen molar-refractivity contribution >= 4 is 28.6 Å². The van der Waals surface area contributed by atoms with E-state index in [-0.39, 0.29) is 23.3 Å². The van der Waals surface area contributed by atoms with Gasteiger partial charge >= 0.3 is 6.09 Å². The fourth-order valence-corrected chi connectivity index (χ4v) is 3.96. The van der Waals surface area contributed by atoms with Crippen LogP contribution >= 0.6 is 0 Å². The van der Waals surface area contributed by atoms with Crippen LogP contribution in [-0.4, -0.2) is 32.0 Å². The van der Waals surface area contributed by atoms with Gasteiger partial charge in [-0.1, -0.05) is 12.1 Å². The summed E-state index contributed by atoms with van der Waals surface area (Å²) in [4.78, 5) is 49.1. The summed E-state index contributed by atoms with van der Waals surface area (Å²) in [7, 11) is 0. The van der Waals surface area contributed by atoms with Crippen molar-refractivity contribution in [1.29, 1.82) is 0 Å². The number of hydrogen-bond donors (Lipinski definition) is 0. The Balaban J connectivity index is 1.58. The van der Waals surface area contributed by atoms with Gasteiger partial charge in [0.2, 0.25) is 5.78 Å². The Labute approximate surface area is 199 Å². The molecule has 0 aliphatic carbocycles. The second-order valence-corrected chi connectivity index (χ2v) is 9.17. The number of anilines is 1. The lowest BCUT2D eigenvalue weighted by molar-refractivity contribution is 0.0576. The van der Waals surface area contributed by atoms with Crippen LogP contribution in [0.4, 0.5) is 15.0 Å². The molecule has 0 N–H and O–H groups in total. The summed E-state index contributed by atoms with van der Waals surface area (Å²) < 4.78 is 20.5.